The second-order valence-corrected chi connectivity index (χ2v) is 4.30. The molecule has 0 spiro atoms. The Bertz CT molecular complexity index is 614. The van der Waals surface area contributed by atoms with E-state index in [-0.39, 0.29) is 12.5 Å². The third-order valence-electron chi connectivity index (χ3n) is 2.74. The Morgan fingerprint density at radius 1 is 1.05 bits per heavy atom. The van der Waals surface area contributed by atoms with E-state index in [0.29, 0.717) is 29.5 Å². The van der Waals surface area contributed by atoms with E-state index in [9.17, 15) is 4.79 Å². The molecular weight excluding hydrogens is 268 g/mol. The molecule has 0 aromatic heterocycles. The molecule has 0 aliphatic carbocycles. The smallest absolute Gasteiger partial charge is 0.262 e. The van der Waals surface area contributed by atoms with Gasteiger partial charge in [-0.2, -0.15) is 0 Å². The number of rotatable bonds is 6. The number of benzene rings is 2. The fourth-order valence-electron chi connectivity index (χ4n) is 1.78. The quantitative estimate of drug-likeness (QED) is 0.801. The maximum absolute atomic E-state index is 11.9. The molecule has 0 saturated heterocycles. The molecule has 0 unspecified atom stereocenters. The maximum atomic E-state index is 11.9. The van der Waals surface area contributed by atoms with Crippen molar-refractivity contribution in [1.82, 2.24) is 0 Å². The van der Waals surface area contributed by atoms with Crippen molar-refractivity contribution >= 4 is 17.3 Å². The van der Waals surface area contributed by atoms with Crippen molar-refractivity contribution in [2.45, 2.75) is 6.92 Å². The zero-order valence-electron chi connectivity index (χ0n) is 11.8. The van der Waals surface area contributed by atoms with Crippen LogP contribution in [0.5, 0.6) is 11.5 Å². The molecule has 0 aliphatic rings. The number of carbonyl (C=O) groups excluding carboxylic acids is 1. The Kier molecular flexibility index (Phi) is 5.04. The lowest BCUT2D eigenvalue weighted by Crippen LogP contribution is -2.21. The number of ether oxygens (including phenoxy) is 2. The second kappa shape index (κ2) is 7.19. The van der Waals surface area contributed by atoms with Crippen LogP contribution in [0.4, 0.5) is 11.4 Å². The molecule has 2 aromatic rings. The number of hydrogen-bond acceptors (Lipinski definition) is 4. The number of para-hydroxylation sites is 4. The third-order valence-corrected chi connectivity index (χ3v) is 2.74. The predicted octanol–water partition coefficient (Wildman–Crippen LogP) is 2.68. The predicted molar refractivity (Wildman–Crippen MR) is 82.6 cm³/mol. The lowest BCUT2D eigenvalue weighted by molar-refractivity contribution is -0.118. The largest absolute Gasteiger partial charge is 0.490 e. The Morgan fingerprint density at radius 3 is 2.33 bits per heavy atom. The summed E-state index contributed by atoms with van der Waals surface area (Å²) in [6, 6.07) is 14.3. The van der Waals surface area contributed by atoms with Crippen LogP contribution in [-0.2, 0) is 4.79 Å². The first-order valence-electron chi connectivity index (χ1n) is 6.69. The fraction of sp³-hybridized carbons (Fsp3) is 0.188. The summed E-state index contributed by atoms with van der Waals surface area (Å²) >= 11 is 0. The number of nitrogens with one attached hydrogen (secondary N) is 1. The molecule has 21 heavy (non-hydrogen) atoms. The van der Waals surface area contributed by atoms with Gasteiger partial charge < -0.3 is 20.5 Å². The standard InChI is InChI=1S/C16H18N2O3/c1-2-20-14-9-5-6-10-15(14)21-11-16(19)18-13-8-4-3-7-12(13)17/h3-10H,2,11,17H2,1H3,(H,18,19). The molecule has 1 amide bonds. The highest BCUT2D eigenvalue weighted by atomic mass is 16.5. The molecule has 0 atom stereocenters. The topological polar surface area (TPSA) is 73.6 Å². The van der Waals surface area contributed by atoms with E-state index >= 15 is 0 Å². The van der Waals surface area contributed by atoms with Crippen molar-refractivity contribution in [3.8, 4) is 11.5 Å². The van der Waals surface area contributed by atoms with Crippen LogP contribution in [0.3, 0.4) is 0 Å². The van der Waals surface area contributed by atoms with E-state index in [1.807, 2.05) is 19.1 Å². The Morgan fingerprint density at radius 2 is 1.67 bits per heavy atom. The van der Waals surface area contributed by atoms with E-state index in [1.165, 1.54) is 0 Å². The molecular formula is C16H18N2O3. The summed E-state index contributed by atoms with van der Waals surface area (Å²) in [5, 5.41) is 2.70. The normalized spacial score (nSPS) is 9.95. The van der Waals surface area contributed by atoms with E-state index in [4.69, 9.17) is 15.2 Å². The van der Waals surface area contributed by atoms with Gasteiger partial charge in [0.1, 0.15) is 0 Å². The number of carbonyl (C=O) groups is 1. The molecule has 2 rings (SSSR count). The van der Waals surface area contributed by atoms with Crippen LogP contribution in [0.25, 0.3) is 0 Å². The van der Waals surface area contributed by atoms with Crippen LogP contribution in [0.2, 0.25) is 0 Å². The first kappa shape index (κ1) is 14.7. The molecule has 110 valence electrons. The summed E-state index contributed by atoms with van der Waals surface area (Å²) in [6.45, 7) is 2.31. The van der Waals surface area contributed by atoms with E-state index < -0.39 is 0 Å². The van der Waals surface area contributed by atoms with Gasteiger partial charge in [-0.15, -0.1) is 0 Å². The summed E-state index contributed by atoms with van der Waals surface area (Å²) in [5.74, 6) is 0.877. The average molecular weight is 286 g/mol. The van der Waals surface area contributed by atoms with Crippen molar-refractivity contribution in [3.63, 3.8) is 0 Å². The van der Waals surface area contributed by atoms with Gasteiger partial charge in [-0.25, -0.2) is 0 Å². The SMILES string of the molecule is CCOc1ccccc1OCC(=O)Nc1ccccc1N. The molecule has 0 bridgehead atoms. The second-order valence-electron chi connectivity index (χ2n) is 4.30. The molecule has 5 nitrogen and oxygen atoms in total. The molecule has 3 N–H and O–H groups in total. The van der Waals surface area contributed by atoms with Gasteiger partial charge >= 0.3 is 0 Å². The van der Waals surface area contributed by atoms with Gasteiger partial charge in [-0.05, 0) is 31.2 Å². The van der Waals surface area contributed by atoms with Gasteiger partial charge in [0.25, 0.3) is 5.91 Å². The fourth-order valence-corrected chi connectivity index (χ4v) is 1.78. The summed E-state index contributed by atoms with van der Waals surface area (Å²) < 4.78 is 10.9. The van der Waals surface area contributed by atoms with Crippen LogP contribution in [0.1, 0.15) is 6.92 Å². The van der Waals surface area contributed by atoms with E-state index in [0.717, 1.165) is 0 Å². The number of anilines is 2. The number of amides is 1. The highest BCUT2D eigenvalue weighted by molar-refractivity contribution is 5.94. The summed E-state index contributed by atoms with van der Waals surface area (Å²) in [6.07, 6.45) is 0. The van der Waals surface area contributed by atoms with Crippen LogP contribution in [0.15, 0.2) is 48.5 Å². The molecule has 2 aromatic carbocycles. The van der Waals surface area contributed by atoms with Gasteiger partial charge in [-0.3, -0.25) is 4.79 Å². The van der Waals surface area contributed by atoms with Gasteiger partial charge in [0.2, 0.25) is 0 Å². The van der Waals surface area contributed by atoms with Crippen molar-refractivity contribution in [3.05, 3.63) is 48.5 Å². The van der Waals surface area contributed by atoms with Crippen LogP contribution < -0.4 is 20.5 Å². The highest BCUT2D eigenvalue weighted by Gasteiger charge is 2.08. The maximum Gasteiger partial charge on any atom is 0.262 e. The molecule has 5 heteroatoms. The number of hydrogen-bond donors (Lipinski definition) is 2. The van der Waals surface area contributed by atoms with Gasteiger partial charge in [0, 0.05) is 0 Å². The Balaban J connectivity index is 1.94. The van der Waals surface area contributed by atoms with Crippen molar-refractivity contribution in [2.24, 2.45) is 0 Å². The summed E-state index contributed by atoms with van der Waals surface area (Å²) in [7, 11) is 0. The van der Waals surface area contributed by atoms with E-state index in [1.54, 1.807) is 36.4 Å². The molecule has 0 heterocycles. The van der Waals surface area contributed by atoms with Gasteiger partial charge in [0.15, 0.2) is 18.1 Å². The molecule has 0 aliphatic heterocycles. The molecule has 0 radical (unpaired) electrons. The first-order chi connectivity index (χ1) is 10.2. The minimum atomic E-state index is -0.279. The van der Waals surface area contributed by atoms with Crippen molar-refractivity contribution in [1.29, 1.82) is 0 Å². The zero-order chi connectivity index (χ0) is 15.1. The van der Waals surface area contributed by atoms with Crippen molar-refractivity contribution < 1.29 is 14.3 Å². The summed E-state index contributed by atoms with van der Waals surface area (Å²) in [5.41, 5.74) is 6.85. The Labute approximate surface area is 123 Å². The molecule has 0 saturated carbocycles. The van der Waals surface area contributed by atoms with Gasteiger partial charge in [0.05, 0.1) is 18.0 Å². The lowest BCUT2D eigenvalue weighted by atomic mass is 10.2. The summed E-state index contributed by atoms with van der Waals surface area (Å²) in [4.78, 5) is 11.9. The monoisotopic (exact) mass is 286 g/mol. The highest BCUT2D eigenvalue weighted by Crippen LogP contribution is 2.26. The lowest BCUT2D eigenvalue weighted by Gasteiger charge is -2.12. The van der Waals surface area contributed by atoms with Crippen molar-refractivity contribution in [2.75, 3.05) is 24.3 Å². The first-order valence-corrected chi connectivity index (χ1v) is 6.69. The van der Waals surface area contributed by atoms with Crippen LogP contribution in [-0.4, -0.2) is 19.1 Å². The van der Waals surface area contributed by atoms with Crippen LogP contribution >= 0.6 is 0 Å². The third kappa shape index (κ3) is 4.14. The van der Waals surface area contributed by atoms with E-state index in [2.05, 4.69) is 5.32 Å². The van der Waals surface area contributed by atoms with Crippen LogP contribution in [0, 0.1) is 0 Å². The minimum absolute atomic E-state index is 0.113. The average Bonchev–Trinajstić information content (AvgIpc) is 2.49. The number of nitrogen functional groups attached to an aromatic ring is 1. The zero-order valence-corrected chi connectivity index (χ0v) is 11.8. The number of nitrogens with two attached hydrogens (primary N) is 1. The molecule has 0 fully saturated rings. The Hall–Kier alpha value is -2.69. The minimum Gasteiger partial charge on any atom is -0.490 e. The van der Waals surface area contributed by atoms with Gasteiger partial charge in [-0.1, -0.05) is 24.3 Å².